The van der Waals surface area contributed by atoms with E-state index >= 15 is 0 Å². The number of rotatable bonds is 5. The molecule has 0 aliphatic carbocycles. The normalized spacial score (nSPS) is 11.3. The average molecular weight is 387 g/mol. The molecule has 5 nitrogen and oxygen atoms in total. The van der Waals surface area contributed by atoms with E-state index in [2.05, 4.69) is 0 Å². The maximum atomic E-state index is 14.3. The van der Waals surface area contributed by atoms with Gasteiger partial charge in [-0.25, -0.2) is 13.6 Å². The van der Waals surface area contributed by atoms with E-state index in [0.29, 0.717) is 22.3 Å². The van der Waals surface area contributed by atoms with Crippen LogP contribution < -0.4 is 14.6 Å². The second kappa shape index (κ2) is 7.38. The summed E-state index contributed by atoms with van der Waals surface area (Å²) in [4.78, 5) is 0.0125. The Kier molecular flexibility index (Phi) is 5.16. The van der Waals surface area contributed by atoms with Crippen LogP contribution in [0.15, 0.2) is 65.6 Å². The molecule has 0 spiro atoms. The molecule has 0 bridgehead atoms. The van der Waals surface area contributed by atoms with E-state index < -0.39 is 15.8 Å². The second-order valence-electron chi connectivity index (χ2n) is 5.78. The molecule has 140 valence electrons. The molecule has 3 aromatic carbocycles. The molecule has 7 heteroatoms. The smallest absolute Gasteiger partial charge is 0.238 e. The monoisotopic (exact) mass is 387 g/mol. The van der Waals surface area contributed by atoms with E-state index in [9.17, 15) is 12.8 Å². The van der Waals surface area contributed by atoms with Crippen LogP contribution >= 0.6 is 0 Å². The van der Waals surface area contributed by atoms with Gasteiger partial charge >= 0.3 is 0 Å². The Morgan fingerprint density at radius 3 is 1.81 bits per heavy atom. The van der Waals surface area contributed by atoms with E-state index in [1.165, 1.54) is 32.4 Å². The van der Waals surface area contributed by atoms with E-state index in [0.717, 1.165) is 0 Å². The van der Waals surface area contributed by atoms with Crippen LogP contribution in [0.5, 0.6) is 11.5 Å². The summed E-state index contributed by atoms with van der Waals surface area (Å²) in [6, 6.07) is 16.7. The van der Waals surface area contributed by atoms with E-state index in [1.54, 1.807) is 42.5 Å². The third-order valence-electron chi connectivity index (χ3n) is 4.17. The van der Waals surface area contributed by atoms with E-state index in [4.69, 9.17) is 14.6 Å². The summed E-state index contributed by atoms with van der Waals surface area (Å²) >= 11 is 0. The highest BCUT2D eigenvalue weighted by molar-refractivity contribution is 7.89. The van der Waals surface area contributed by atoms with Gasteiger partial charge in [-0.3, -0.25) is 0 Å². The molecule has 0 aliphatic rings. The molecule has 0 radical (unpaired) electrons. The van der Waals surface area contributed by atoms with Crippen LogP contribution in [-0.4, -0.2) is 22.6 Å². The number of hydrogen-bond acceptors (Lipinski definition) is 4. The van der Waals surface area contributed by atoms with Crippen LogP contribution in [0.1, 0.15) is 0 Å². The molecular formula is C20H18FNO4S. The number of hydrogen-bond donors (Lipinski definition) is 1. The van der Waals surface area contributed by atoms with Crippen molar-refractivity contribution >= 4 is 10.0 Å². The zero-order chi connectivity index (χ0) is 19.6. The highest BCUT2D eigenvalue weighted by Gasteiger charge is 2.19. The zero-order valence-electron chi connectivity index (χ0n) is 14.8. The van der Waals surface area contributed by atoms with Gasteiger partial charge in [-0.15, -0.1) is 0 Å². The summed E-state index contributed by atoms with van der Waals surface area (Å²) < 4.78 is 48.5. The van der Waals surface area contributed by atoms with Crippen LogP contribution in [0.2, 0.25) is 0 Å². The molecule has 0 unspecified atom stereocenters. The first-order valence-electron chi connectivity index (χ1n) is 8.00. The Balaban J connectivity index is 2.30. The SMILES string of the molecule is COc1cc(-c2ccccc2-c2ccccc2S(N)(=O)=O)cc(OC)c1F. The number of sulfonamides is 1. The molecule has 2 N–H and O–H groups in total. The quantitative estimate of drug-likeness (QED) is 0.722. The second-order valence-corrected chi connectivity index (χ2v) is 7.31. The predicted octanol–water partition coefficient (Wildman–Crippen LogP) is 3.82. The van der Waals surface area contributed by atoms with Crippen LogP contribution in [0.25, 0.3) is 22.3 Å². The van der Waals surface area contributed by atoms with Crippen molar-refractivity contribution in [3.63, 3.8) is 0 Å². The van der Waals surface area contributed by atoms with Crippen molar-refractivity contribution in [3.05, 3.63) is 66.5 Å². The average Bonchev–Trinajstić information content (AvgIpc) is 2.67. The van der Waals surface area contributed by atoms with Crippen LogP contribution in [0.3, 0.4) is 0 Å². The molecule has 3 aromatic rings. The van der Waals surface area contributed by atoms with Gasteiger partial charge in [0.05, 0.1) is 19.1 Å². The molecule has 0 aliphatic heterocycles. The molecule has 0 atom stereocenters. The highest BCUT2D eigenvalue weighted by atomic mass is 32.2. The predicted molar refractivity (Wildman–Crippen MR) is 102 cm³/mol. The van der Waals surface area contributed by atoms with Gasteiger partial charge in [-0.1, -0.05) is 42.5 Å². The van der Waals surface area contributed by atoms with Gasteiger partial charge in [0.15, 0.2) is 11.5 Å². The Morgan fingerprint density at radius 1 is 0.815 bits per heavy atom. The fourth-order valence-electron chi connectivity index (χ4n) is 2.93. The zero-order valence-corrected chi connectivity index (χ0v) is 15.6. The molecule has 0 heterocycles. The number of primary sulfonamides is 1. The largest absolute Gasteiger partial charge is 0.494 e. The van der Waals surface area contributed by atoms with Crippen molar-refractivity contribution in [2.24, 2.45) is 5.14 Å². The summed E-state index contributed by atoms with van der Waals surface area (Å²) in [6.45, 7) is 0. The maximum absolute atomic E-state index is 14.3. The van der Waals surface area contributed by atoms with Crippen molar-refractivity contribution < 1.29 is 22.3 Å². The van der Waals surface area contributed by atoms with Crippen LogP contribution in [0.4, 0.5) is 4.39 Å². The summed E-state index contributed by atoms with van der Waals surface area (Å²) in [5.74, 6) is -0.552. The Bertz CT molecular complexity index is 1070. The molecule has 0 aromatic heterocycles. The molecule has 0 fully saturated rings. The number of nitrogens with two attached hydrogens (primary N) is 1. The standard InChI is InChI=1S/C20H18FNO4S/c1-25-17-11-13(12-18(26-2)20(17)21)14-7-3-4-8-15(14)16-9-5-6-10-19(16)27(22,23)24/h3-12H,1-2H3,(H2,22,23,24). The van der Waals surface area contributed by atoms with Crippen LogP contribution in [0, 0.1) is 5.82 Å². The highest BCUT2D eigenvalue weighted by Crippen LogP contribution is 2.39. The van der Waals surface area contributed by atoms with E-state index in [1.807, 2.05) is 0 Å². The first-order valence-corrected chi connectivity index (χ1v) is 9.54. The fourth-order valence-corrected chi connectivity index (χ4v) is 3.68. The number of halogens is 1. The van der Waals surface area contributed by atoms with E-state index in [-0.39, 0.29) is 16.4 Å². The van der Waals surface area contributed by atoms with Gasteiger partial charge in [0.1, 0.15) is 0 Å². The van der Waals surface area contributed by atoms with Gasteiger partial charge in [-0.2, -0.15) is 4.39 Å². The maximum Gasteiger partial charge on any atom is 0.238 e. The minimum absolute atomic E-state index is 0.0125. The minimum atomic E-state index is -3.92. The lowest BCUT2D eigenvalue weighted by atomic mass is 9.94. The van der Waals surface area contributed by atoms with Gasteiger partial charge in [0.25, 0.3) is 0 Å². The Labute approximate surface area is 157 Å². The lowest BCUT2D eigenvalue weighted by Gasteiger charge is -2.15. The molecule has 0 amide bonds. The first kappa shape index (κ1) is 18.9. The first-order chi connectivity index (χ1) is 12.9. The van der Waals surface area contributed by atoms with Crippen molar-refractivity contribution in [3.8, 4) is 33.8 Å². The summed E-state index contributed by atoms with van der Waals surface area (Å²) in [5, 5.41) is 5.38. The van der Waals surface area contributed by atoms with Crippen molar-refractivity contribution in [2.45, 2.75) is 4.90 Å². The van der Waals surface area contributed by atoms with Crippen molar-refractivity contribution in [1.29, 1.82) is 0 Å². The topological polar surface area (TPSA) is 78.6 Å². The lowest BCUT2D eigenvalue weighted by molar-refractivity contribution is 0.351. The molecule has 3 rings (SSSR count). The number of ether oxygens (including phenoxy) is 2. The summed E-state index contributed by atoms with van der Waals surface area (Å²) in [5.41, 5.74) is 2.39. The van der Waals surface area contributed by atoms with Gasteiger partial charge in [0.2, 0.25) is 15.8 Å². The fraction of sp³-hybridized carbons (Fsp3) is 0.100. The lowest BCUT2D eigenvalue weighted by Crippen LogP contribution is -2.13. The van der Waals surface area contributed by atoms with Crippen molar-refractivity contribution in [1.82, 2.24) is 0 Å². The molecule has 27 heavy (non-hydrogen) atoms. The van der Waals surface area contributed by atoms with Gasteiger partial charge < -0.3 is 9.47 Å². The summed E-state index contributed by atoms with van der Waals surface area (Å²) in [6.07, 6.45) is 0. The van der Waals surface area contributed by atoms with Crippen molar-refractivity contribution in [2.75, 3.05) is 14.2 Å². The van der Waals surface area contributed by atoms with Crippen LogP contribution in [-0.2, 0) is 10.0 Å². The Hall–Kier alpha value is -2.90. The van der Waals surface area contributed by atoms with Gasteiger partial charge in [0, 0.05) is 5.56 Å². The summed E-state index contributed by atoms with van der Waals surface area (Å²) in [7, 11) is -1.19. The molecular weight excluding hydrogens is 369 g/mol. The molecule has 0 saturated carbocycles. The number of benzene rings is 3. The third kappa shape index (κ3) is 3.65. The third-order valence-corrected chi connectivity index (χ3v) is 5.14. The van der Waals surface area contributed by atoms with Gasteiger partial charge in [-0.05, 0) is 34.9 Å². The molecule has 0 saturated heterocycles. The minimum Gasteiger partial charge on any atom is -0.494 e. The number of methoxy groups -OCH3 is 2. The Morgan fingerprint density at radius 2 is 1.30 bits per heavy atom.